The van der Waals surface area contributed by atoms with Crippen LogP contribution in [0.3, 0.4) is 0 Å². The van der Waals surface area contributed by atoms with Gasteiger partial charge in [0.2, 0.25) is 0 Å². The number of hydrogen-bond donors (Lipinski definition) is 2. The fourth-order valence-electron chi connectivity index (χ4n) is 7.92. The lowest BCUT2D eigenvalue weighted by Crippen LogP contribution is -2.47. The Morgan fingerprint density at radius 2 is 1.72 bits per heavy atom. The van der Waals surface area contributed by atoms with Crippen LogP contribution in [0.4, 0.5) is 0 Å². The van der Waals surface area contributed by atoms with Crippen molar-refractivity contribution in [2.24, 2.45) is 40.4 Å². The zero-order valence-electron chi connectivity index (χ0n) is 19.5. The summed E-state index contributed by atoms with van der Waals surface area (Å²) in [6, 6.07) is 0. The highest BCUT2D eigenvalue weighted by Crippen LogP contribution is 2.66. The molecule has 0 amide bonds. The normalized spacial score (nSPS) is 43.7. The zero-order chi connectivity index (χ0) is 21.0. The summed E-state index contributed by atoms with van der Waals surface area (Å²) < 4.78 is 0. The predicted molar refractivity (Wildman–Crippen MR) is 120 cm³/mol. The predicted octanol–water partition coefficient (Wildman–Crippen LogP) is 6.28. The van der Waals surface area contributed by atoms with Gasteiger partial charge in [0, 0.05) is 0 Å². The van der Waals surface area contributed by atoms with E-state index in [1.54, 1.807) is 5.57 Å². The molecular formula is C27H44O2. The van der Waals surface area contributed by atoms with Crippen LogP contribution >= 0.6 is 0 Å². The highest BCUT2D eigenvalue weighted by Gasteiger charge is 2.57. The second-order valence-electron chi connectivity index (χ2n) is 11.9. The van der Waals surface area contributed by atoms with E-state index < -0.39 is 0 Å². The van der Waals surface area contributed by atoms with Gasteiger partial charge in [0.25, 0.3) is 0 Å². The molecule has 0 aliphatic heterocycles. The summed E-state index contributed by atoms with van der Waals surface area (Å²) in [5, 5.41) is 21.1. The Kier molecular flexibility index (Phi) is 5.84. The third kappa shape index (κ3) is 3.57. The molecule has 0 heterocycles. The van der Waals surface area contributed by atoms with Crippen molar-refractivity contribution in [2.45, 2.75) is 105 Å². The van der Waals surface area contributed by atoms with Crippen molar-refractivity contribution in [3.63, 3.8) is 0 Å². The maximum Gasteiger partial charge on any atom is 0.0578 e. The van der Waals surface area contributed by atoms with Gasteiger partial charge in [-0.1, -0.05) is 57.9 Å². The van der Waals surface area contributed by atoms with Crippen LogP contribution in [0, 0.1) is 40.4 Å². The Bertz CT molecular complexity index is 676. The van der Waals surface area contributed by atoms with Gasteiger partial charge in [-0.05, 0) is 98.2 Å². The summed E-state index contributed by atoms with van der Waals surface area (Å²) in [5.41, 5.74) is 3.83. The van der Waals surface area contributed by atoms with E-state index in [0.717, 1.165) is 32.1 Å². The van der Waals surface area contributed by atoms with Gasteiger partial charge in [0.05, 0.1) is 12.2 Å². The minimum atomic E-state index is -0.153. The second kappa shape index (κ2) is 7.83. The van der Waals surface area contributed by atoms with Crippen molar-refractivity contribution >= 4 is 0 Å². The molecule has 2 nitrogen and oxygen atoms in total. The van der Waals surface area contributed by atoms with Crippen LogP contribution in [0.15, 0.2) is 23.3 Å². The van der Waals surface area contributed by atoms with E-state index in [-0.39, 0.29) is 17.6 Å². The second-order valence-corrected chi connectivity index (χ2v) is 11.9. The van der Waals surface area contributed by atoms with Gasteiger partial charge in [-0.2, -0.15) is 0 Å². The lowest BCUT2D eigenvalue weighted by molar-refractivity contribution is -0.00324. The quantitative estimate of drug-likeness (QED) is 0.570. The number of allylic oxidation sites excluding steroid dienone is 3. The first kappa shape index (κ1) is 21.6. The van der Waals surface area contributed by atoms with Gasteiger partial charge in [0.1, 0.15) is 0 Å². The van der Waals surface area contributed by atoms with Gasteiger partial charge in [-0.3, -0.25) is 0 Å². The third-order valence-corrected chi connectivity index (χ3v) is 9.90. The molecule has 29 heavy (non-hydrogen) atoms. The van der Waals surface area contributed by atoms with Gasteiger partial charge in [-0.25, -0.2) is 0 Å². The molecule has 0 aromatic heterocycles. The number of fused-ring (bicyclic) bond motifs is 5. The summed E-state index contributed by atoms with van der Waals surface area (Å²) >= 11 is 0. The fourth-order valence-corrected chi connectivity index (χ4v) is 7.92. The fraction of sp³-hybridized carbons (Fsp3) is 0.852. The molecule has 0 bridgehead atoms. The minimum absolute atomic E-state index is 0.137. The Balaban J connectivity index is 1.55. The maximum atomic E-state index is 10.9. The first-order valence-corrected chi connectivity index (χ1v) is 12.4. The van der Waals surface area contributed by atoms with E-state index in [1.165, 1.54) is 31.3 Å². The molecule has 164 valence electrons. The van der Waals surface area contributed by atoms with Crippen molar-refractivity contribution in [3.05, 3.63) is 23.3 Å². The lowest BCUT2D eigenvalue weighted by atomic mass is 9.50. The highest BCUT2D eigenvalue weighted by atomic mass is 16.3. The van der Waals surface area contributed by atoms with Gasteiger partial charge >= 0.3 is 0 Å². The molecule has 3 saturated carbocycles. The Hall–Kier alpha value is -0.600. The molecule has 0 saturated heterocycles. The van der Waals surface area contributed by atoms with Crippen LogP contribution in [0.2, 0.25) is 0 Å². The smallest absolute Gasteiger partial charge is 0.0578 e. The molecule has 2 unspecified atom stereocenters. The number of rotatable bonds is 5. The van der Waals surface area contributed by atoms with Gasteiger partial charge in [0.15, 0.2) is 0 Å². The van der Waals surface area contributed by atoms with Gasteiger partial charge < -0.3 is 10.2 Å². The SMILES string of the molecule is CC(C)CCC(O)C(C)[C@H]1CC[C@H]2C3=CC=C4C[C@@H](O)CC[C@]4(C)[C@H]3CC[C@]12C. The van der Waals surface area contributed by atoms with Crippen molar-refractivity contribution in [2.75, 3.05) is 0 Å². The lowest BCUT2D eigenvalue weighted by Gasteiger charge is -2.55. The molecule has 8 atom stereocenters. The summed E-state index contributed by atoms with van der Waals surface area (Å²) in [4.78, 5) is 0. The first-order chi connectivity index (χ1) is 13.7. The molecule has 0 radical (unpaired) electrons. The largest absolute Gasteiger partial charge is 0.393 e. The van der Waals surface area contributed by atoms with Crippen molar-refractivity contribution in [1.29, 1.82) is 0 Å². The van der Waals surface area contributed by atoms with Crippen LogP contribution < -0.4 is 0 Å². The van der Waals surface area contributed by atoms with Crippen LogP contribution in [0.5, 0.6) is 0 Å². The van der Waals surface area contributed by atoms with Crippen molar-refractivity contribution < 1.29 is 10.2 Å². The Labute approximate surface area is 178 Å². The van der Waals surface area contributed by atoms with E-state index >= 15 is 0 Å². The standard InChI is InChI=1S/C27H44O2/c1-17(2)6-11-25(29)18(3)22-9-10-23-21-8-7-19-16-20(28)12-14-26(19,4)24(21)13-15-27(22,23)5/h7-8,17-18,20,22-25,28-29H,6,9-16H2,1-5H3/t18?,20-,22+,23-,24-,25?,26-,27+/m0/s1. The molecule has 0 aromatic rings. The molecule has 3 fully saturated rings. The first-order valence-electron chi connectivity index (χ1n) is 12.4. The van der Waals surface area contributed by atoms with E-state index in [4.69, 9.17) is 0 Å². The molecule has 4 aliphatic rings. The third-order valence-electron chi connectivity index (χ3n) is 9.90. The van der Waals surface area contributed by atoms with Crippen molar-refractivity contribution in [1.82, 2.24) is 0 Å². The van der Waals surface area contributed by atoms with Gasteiger partial charge in [-0.15, -0.1) is 0 Å². The number of aliphatic hydroxyl groups excluding tert-OH is 2. The van der Waals surface area contributed by atoms with Crippen LogP contribution in [0.1, 0.15) is 92.4 Å². The summed E-state index contributed by atoms with van der Waals surface area (Å²) in [6.07, 6.45) is 14.8. The molecule has 2 N–H and O–H groups in total. The van der Waals surface area contributed by atoms with Crippen LogP contribution in [-0.4, -0.2) is 22.4 Å². The monoisotopic (exact) mass is 400 g/mol. The maximum absolute atomic E-state index is 10.9. The Morgan fingerprint density at radius 3 is 2.45 bits per heavy atom. The Morgan fingerprint density at radius 1 is 0.966 bits per heavy atom. The number of hydrogen-bond acceptors (Lipinski definition) is 2. The molecular weight excluding hydrogens is 356 g/mol. The summed E-state index contributed by atoms with van der Waals surface area (Å²) in [7, 11) is 0. The number of aliphatic hydroxyl groups is 2. The molecule has 0 spiro atoms. The zero-order valence-corrected chi connectivity index (χ0v) is 19.5. The average molecular weight is 401 g/mol. The molecule has 2 heteroatoms. The van der Waals surface area contributed by atoms with Crippen molar-refractivity contribution in [3.8, 4) is 0 Å². The van der Waals surface area contributed by atoms with E-state index in [2.05, 4.69) is 46.8 Å². The molecule has 0 aromatic carbocycles. The van der Waals surface area contributed by atoms with Crippen LogP contribution in [-0.2, 0) is 0 Å². The van der Waals surface area contributed by atoms with Crippen LogP contribution in [0.25, 0.3) is 0 Å². The molecule has 4 aliphatic carbocycles. The van der Waals surface area contributed by atoms with E-state index in [9.17, 15) is 10.2 Å². The highest BCUT2D eigenvalue weighted by molar-refractivity contribution is 5.38. The van der Waals surface area contributed by atoms with E-state index in [0.29, 0.717) is 35.0 Å². The topological polar surface area (TPSA) is 40.5 Å². The molecule has 4 rings (SSSR count). The minimum Gasteiger partial charge on any atom is -0.393 e. The summed E-state index contributed by atoms with van der Waals surface area (Å²) in [5.74, 6) is 3.07. The van der Waals surface area contributed by atoms with E-state index in [1.807, 2.05) is 0 Å². The summed E-state index contributed by atoms with van der Waals surface area (Å²) in [6.45, 7) is 11.9. The average Bonchev–Trinajstić information content (AvgIpc) is 3.03.